The molecule has 6 heteroatoms. The molecule has 0 unspecified atom stereocenters. The van der Waals surface area contributed by atoms with E-state index in [4.69, 9.17) is 0 Å². The van der Waals surface area contributed by atoms with Gasteiger partial charge >= 0.3 is 0 Å². The number of amides is 1. The fourth-order valence-electron chi connectivity index (χ4n) is 2.70. The number of nitrogens with zero attached hydrogens (tertiary/aromatic N) is 2. The molecule has 0 atom stereocenters. The number of nitrogens with one attached hydrogen (secondary N) is 1. The first-order valence-corrected chi connectivity index (χ1v) is 8.93. The minimum Gasteiger partial charge on any atom is -0.310 e. The molecule has 0 aliphatic heterocycles. The van der Waals surface area contributed by atoms with Gasteiger partial charge in [-0.15, -0.1) is 0 Å². The van der Waals surface area contributed by atoms with Crippen molar-refractivity contribution in [2.45, 2.75) is 6.54 Å². The van der Waals surface area contributed by atoms with Crippen LogP contribution in [-0.4, -0.2) is 15.5 Å². The van der Waals surface area contributed by atoms with Gasteiger partial charge in [0.2, 0.25) is 0 Å². The fourth-order valence-corrected chi connectivity index (χ4v) is 3.57. The molecule has 2 aromatic carbocycles. The molecule has 4 rings (SSSR count). The number of carbonyl (C=O) groups excluding carboxylic acids is 1. The van der Waals surface area contributed by atoms with Crippen LogP contribution in [0.5, 0.6) is 0 Å². The van der Waals surface area contributed by atoms with E-state index >= 15 is 0 Å². The Morgan fingerprint density at radius 3 is 2.58 bits per heavy atom. The van der Waals surface area contributed by atoms with Crippen molar-refractivity contribution in [1.29, 1.82) is 0 Å². The van der Waals surface area contributed by atoms with E-state index < -0.39 is 5.91 Å². The van der Waals surface area contributed by atoms with Gasteiger partial charge < -0.3 is 4.57 Å². The topological polar surface area (TPSA) is 64.0 Å². The first-order valence-electron chi connectivity index (χ1n) is 8.11. The smallest absolute Gasteiger partial charge is 0.263 e. The molecule has 0 radical (unpaired) electrons. The average Bonchev–Trinajstić information content (AvgIpc) is 3.06. The molecule has 0 bridgehead atoms. The number of thiazole rings is 1. The van der Waals surface area contributed by atoms with Crippen LogP contribution in [0, 0.1) is 0 Å². The molecule has 0 aliphatic carbocycles. The van der Waals surface area contributed by atoms with Gasteiger partial charge in [-0.25, -0.2) is 4.98 Å². The molecule has 1 N–H and O–H groups in total. The molecule has 0 aliphatic rings. The Balaban J connectivity index is 1.59. The van der Waals surface area contributed by atoms with Crippen LogP contribution in [0.3, 0.4) is 0 Å². The highest BCUT2D eigenvalue weighted by Crippen LogP contribution is 2.25. The van der Waals surface area contributed by atoms with Crippen molar-refractivity contribution >= 4 is 32.6 Å². The zero-order chi connectivity index (χ0) is 17.9. The van der Waals surface area contributed by atoms with Gasteiger partial charge in [-0.2, -0.15) is 0 Å². The summed E-state index contributed by atoms with van der Waals surface area (Å²) in [6, 6.07) is 20.5. The number of rotatable bonds is 4. The van der Waals surface area contributed by atoms with Crippen molar-refractivity contribution in [3.63, 3.8) is 0 Å². The van der Waals surface area contributed by atoms with Crippen molar-refractivity contribution < 1.29 is 4.79 Å². The number of anilines is 1. The van der Waals surface area contributed by atoms with Gasteiger partial charge in [0.1, 0.15) is 5.56 Å². The Kier molecular flexibility index (Phi) is 4.33. The van der Waals surface area contributed by atoms with Crippen molar-refractivity contribution in [2.75, 3.05) is 5.32 Å². The number of carbonyl (C=O) groups is 1. The average molecular weight is 361 g/mol. The van der Waals surface area contributed by atoms with Crippen LogP contribution in [0.4, 0.5) is 5.13 Å². The molecule has 0 saturated heterocycles. The lowest BCUT2D eigenvalue weighted by atomic mass is 10.2. The van der Waals surface area contributed by atoms with E-state index in [1.807, 2.05) is 54.6 Å². The SMILES string of the molecule is O=C(Nc1nc2ccccc2s1)c1cccn(Cc2ccccc2)c1=O. The van der Waals surface area contributed by atoms with Crippen LogP contribution < -0.4 is 10.9 Å². The Bertz CT molecular complexity index is 1100. The second-order valence-corrected chi connectivity index (χ2v) is 6.81. The molecular weight excluding hydrogens is 346 g/mol. The number of para-hydroxylation sites is 1. The van der Waals surface area contributed by atoms with Gasteiger partial charge in [0.05, 0.1) is 16.8 Å². The summed E-state index contributed by atoms with van der Waals surface area (Å²) < 4.78 is 2.51. The number of hydrogen-bond donors (Lipinski definition) is 1. The van der Waals surface area contributed by atoms with E-state index in [0.717, 1.165) is 15.8 Å². The van der Waals surface area contributed by atoms with Crippen LogP contribution in [0.2, 0.25) is 0 Å². The molecule has 1 amide bonds. The summed E-state index contributed by atoms with van der Waals surface area (Å²) in [6.07, 6.45) is 1.68. The number of aromatic nitrogens is 2. The van der Waals surface area contributed by atoms with Crippen molar-refractivity contribution in [1.82, 2.24) is 9.55 Å². The Hall–Kier alpha value is -3.25. The van der Waals surface area contributed by atoms with Gasteiger partial charge in [0, 0.05) is 6.20 Å². The monoisotopic (exact) mass is 361 g/mol. The summed E-state index contributed by atoms with van der Waals surface area (Å²) in [4.78, 5) is 29.6. The molecule has 0 fully saturated rings. The molecule has 26 heavy (non-hydrogen) atoms. The van der Waals surface area contributed by atoms with Crippen molar-refractivity contribution in [2.24, 2.45) is 0 Å². The summed E-state index contributed by atoms with van der Waals surface area (Å²) in [5, 5.41) is 3.22. The van der Waals surface area contributed by atoms with Gasteiger partial charge in [0.25, 0.3) is 11.5 Å². The van der Waals surface area contributed by atoms with Crippen LogP contribution in [0.15, 0.2) is 77.7 Å². The second kappa shape index (κ2) is 6.93. The molecule has 2 heterocycles. The van der Waals surface area contributed by atoms with Crippen LogP contribution in [-0.2, 0) is 6.54 Å². The minimum absolute atomic E-state index is 0.0997. The summed E-state index contributed by atoms with van der Waals surface area (Å²) in [5.41, 5.74) is 1.60. The van der Waals surface area contributed by atoms with Gasteiger partial charge in [-0.1, -0.05) is 53.8 Å². The lowest BCUT2D eigenvalue weighted by molar-refractivity contribution is 0.102. The maximum atomic E-state index is 12.7. The largest absolute Gasteiger partial charge is 0.310 e. The molecule has 2 aromatic heterocycles. The predicted octanol–water partition coefficient (Wildman–Crippen LogP) is 3.76. The lowest BCUT2D eigenvalue weighted by Gasteiger charge is -2.08. The van der Waals surface area contributed by atoms with E-state index in [0.29, 0.717) is 11.7 Å². The second-order valence-electron chi connectivity index (χ2n) is 5.78. The number of pyridine rings is 1. The van der Waals surface area contributed by atoms with Gasteiger partial charge in [0.15, 0.2) is 5.13 Å². The van der Waals surface area contributed by atoms with Gasteiger partial charge in [-0.3, -0.25) is 14.9 Å². The highest BCUT2D eigenvalue weighted by Gasteiger charge is 2.14. The van der Waals surface area contributed by atoms with Crippen LogP contribution >= 0.6 is 11.3 Å². The van der Waals surface area contributed by atoms with Crippen LogP contribution in [0.25, 0.3) is 10.2 Å². The fraction of sp³-hybridized carbons (Fsp3) is 0.0500. The third-order valence-electron chi connectivity index (χ3n) is 3.97. The lowest BCUT2D eigenvalue weighted by Crippen LogP contribution is -2.28. The molecule has 128 valence electrons. The minimum atomic E-state index is -0.448. The van der Waals surface area contributed by atoms with Gasteiger partial charge in [-0.05, 0) is 29.8 Å². The molecular formula is C20H15N3O2S. The summed E-state index contributed by atoms with van der Waals surface area (Å²) in [5.74, 6) is -0.448. The summed E-state index contributed by atoms with van der Waals surface area (Å²) in [7, 11) is 0. The standard InChI is InChI=1S/C20H15N3O2S/c24-18(22-20-21-16-10-4-5-11-17(16)26-20)15-9-6-12-23(19(15)25)13-14-7-2-1-3-8-14/h1-12H,13H2,(H,21,22,24). The molecule has 0 spiro atoms. The third-order valence-corrected chi connectivity index (χ3v) is 4.93. The first kappa shape index (κ1) is 16.2. The van der Waals surface area contributed by atoms with Crippen molar-refractivity contribution in [3.05, 3.63) is 94.4 Å². The number of fused-ring (bicyclic) bond motifs is 1. The number of hydrogen-bond acceptors (Lipinski definition) is 4. The Morgan fingerprint density at radius 1 is 1.00 bits per heavy atom. The van der Waals surface area contributed by atoms with E-state index in [1.54, 1.807) is 12.3 Å². The van der Waals surface area contributed by atoms with E-state index in [9.17, 15) is 9.59 Å². The van der Waals surface area contributed by atoms with E-state index in [-0.39, 0.29) is 11.1 Å². The van der Waals surface area contributed by atoms with Crippen LogP contribution in [0.1, 0.15) is 15.9 Å². The zero-order valence-electron chi connectivity index (χ0n) is 13.8. The normalized spacial score (nSPS) is 10.8. The Morgan fingerprint density at radius 2 is 1.77 bits per heavy atom. The maximum absolute atomic E-state index is 12.7. The zero-order valence-corrected chi connectivity index (χ0v) is 14.6. The van der Waals surface area contributed by atoms with E-state index in [1.165, 1.54) is 22.0 Å². The van der Waals surface area contributed by atoms with E-state index in [2.05, 4.69) is 10.3 Å². The highest BCUT2D eigenvalue weighted by atomic mass is 32.1. The summed E-state index contributed by atoms with van der Waals surface area (Å²) in [6.45, 7) is 0.419. The molecule has 4 aromatic rings. The summed E-state index contributed by atoms with van der Waals surface area (Å²) >= 11 is 1.38. The number of benzene rings is 2. The first-order chi connectivity index (χ1) is 12.7. The molecule has 0 saturated carbocycles. The maximum Gasteiger partial charge on any atom is 0.263 e. The Labute approximate surface area is 153 Å². The van der Waals surface area contributed by atoms with Crippen molar-refractivity contribution in [3.8, 4) is 0 Å². The quantitative estimate of drug-likeness (QED) is 0.602. The predicted molar refractivity (Wildman–Crippen MR) is 104 cm³/mol. The third kappa shape index (κ3) is 3.27. The molecule has 5 nitrogen and oxygen atoms in total. The highest BCUT2D eigenvalue weighted by molar-refractivity contribution is 7.22.